The molecule has 0 heterocycles. The summed E-state index contributed by atoms with van der Waals surface area (Å²) in [5, 5.41) is 11.1. The third-order valence-electron chi connectivity index (χ3n) is 2.88. The largest absolute Gasteiger partial charge is 0.493 e. The Labute approximate surface area is 107 Å². The molecule has 1 atom stereocenters. The molecule has 0 aliphatic heterocycles. The second kappa shape index (κ2) is 6.38. The van der Waals surface area contributed by atoms with Crippen molar-refractivity contribution >= 4 is 10.8 Å². The fraction of sp³-hybridized carbons (Fsp3) is 0.333. The molecule has 3 heteroatoms. The summed E-state index contributed by atoms with van der Waals surface area (Å²) in [6.45, 7) is 0.626. The minimum Gasteiger partial charge on any atom is -0.493 e. The van der Waals surface area contributed by atoms with E-state index in [9.17, 15) is 0 Å². The van der Waals surface area contributed by atoms with Gasteiger partial charge in [-0.1, -0.05) is 36.4 Å². The monoisotopic (exact) mass is 244 g/mol. The lowest BCUT2D eigenvalue weighted by molar-refractivity contribution is 0.158. The van der Waals surface area contributed by atoms with Gasteiger partial charge in [-0.15, -0.1) is 0 Å². The number of aliphatic hydroxyl groups is 1. The van der Waals surface area contributed by atoms with Crippen molar-refractivity contribution in [1.29, 1.82) is 0 Å². The van der Waals surface area contributed by atoms with Gasteiger partial charge in [-0.05, 0) is 30.7 Å². The van der Waals surface area contributed by atoms with E-state index in [0.29, 0.717) is 13.0 Å². The molecule has 2 aromatic rings. The zero-order chi connectivity index (χ0) is 12.8. The van der Waals surface area contributed by atoms with E-state index < -0.39 is 6.23 Å². The van der Waals surface area contributed by atoms with Gasteiger partial charge in [-0.2, -0.15) is 0 Å². The van der Waals surface area contributed by atoms with Crippen molar-refractivity contribution in [1.82, 2.24) is 5.73 Å². The maximum atomic E-state index is 8.84. The normalized spacial score (nSPS) is 12.6. The first-order valence-electron chi connectivity index (χ1n) is 6.27. The molecule has 95 valence electrons. The topological polar surface area (TPSA) is 53.3 Å². The van der Waals surface area contributed by atoms with E-state index in [2.05, 4.69) is 18.2 Å². The van der Waals surface area contributed by atoms with Crippen molar-refractivity contribution in [2.24, 2.45) is 0 Å². The van der Waals surface area contributed by atoms with Crippen LogP contribution in [0.25, 0.3) is 10.8 Å². The third-order valence-corrected chi connectivity index (χ3v) is 2.88. The predicted molar refractivity (Wildman–Crippen MR) is 72.4 cm³/mol. The van der Waals surface area contributed by atoms with Crippen LogP contribution in [0.2, 0.25) is 0 Å². The van der Waals surface area contributed by atoms with Crippen molar-refractivity contribution in [3.8, 4) is 5.75 Å². The molecule has 0 saturated heterocycles. The summed E-state index contributed by atoms with van der Waals surface area (Å²) in [5.41, 5.74) is 7.00. The Morgan fingerprint density at radius 2 is 1.83 bits per heavy atom. The van der Waals surface area contributed by atoms with Crippen molar-refractivity contribution in [3.63, 3.8) is 0 Å². The number of benzene rings is 2. The molecule has 2 aromatic carbocycles. The molecule has 2 rings (SSSR count). The Morgan fingerprint density at radius 3 is 2.67 bits per heavy atom. The van der Waals surface area contributed by atoms with Crippen molar-refractivity contribution < 1.29 is 9.84 Å². The van der Waals surface area contributed by atoms with Gasteiger partial charge in [0.2, 0.25) is 0 Å². The second-order valence-corrected chi connectivity index (χ2v) is 4.34. The number of ether oxygens (including phenoxy) is 1. The van der Waals surface area contributed by atoms with Crippen LogP contribution in [0.15, 0.2) is 42.5 Å². The summed E-state index contributed by atoms with van der Waals surface area (Å²) in [6, 6.07) is 14.2. The van der Waals surface area contributed by atoms with E-state index in [-0.39, 0.29) is 0 Å². The Bertz CT molecular complexity index is 491. The fourth-order valence-electron chi connectivity index (χ4n) is 1.94. The number of nitrogens with one attached hydrogen (secondary N) is 1. The number of hydrogen-bond acceptors (Lipinski definition) is 2. The highest BCUT2D eigenvalue weighted by Crippen LogP contribution is 2.25. The molecule has 0 aromatic heterocycles. The van der Waals surface area contributed by atoms with Crippen LogP contribution in [-0.2, 0) is 0 Å². The number of unbranched alkanes of at least 4 members (excludes halogenated alkanes) is 1. The lowest BCUT2D eigenvalue weighted by Gasteiger charge is -2.09. The SMILES string of the molecule is [NH]C(O)CCCCOc1cccc2ccccc12. The Balaban J connectivity index is 1.91. The van der Waals surface area contributed by atoms with Crippen LogP contribution in [0.1, 0.15) is 19.3 Å². The first-order valence-corrected chi connectivity index (χ1v) is 6.27. The highest BCUT2D eigenvalue weighted by atomic mass is 16.5. The van der Waals surface area contributed by atoms with Gasteiger partial charge in [0.15, 0.2) is 0 Å². The summed E-state index contributed by atoms with van der Waals surface area (Å²) in [4.78, 5) is 0. The molecule has 0 bridgehead atoms. The molecule has 2 N–H and O–H groups in total. The van der Waals surface area contributed by atoms with Crippen LogP contribution >= 0.6 is 0 Å². The van der Waals surface area contributed by atoms with Gasteiger partial charge in [0, 0.05) is 5.39 Å². The average Bonchev–Trinajstić information content (AvgIpc) is 2.38. The average molecular weight is 244 g/mol. The second-order valence-electron chi connectivity index (χ2n) is 4.34. The maximum Gasteiger partial charge on any atom is 0.127 e. The summed E-state index contributed by atoms with van der Waals surface area (Å²) in [7, 11) is 0. The molecule has 1 unspecified atom stereocenters. The van der Waals surface area contributed by atoms with Gasteiger partial charge in [-0.3, -0.25) is 0 Å². The van der Waals surface area contributed by atoms with Crippen molar-refractivity contribution in [2.45, 2.75) is 25.5 Å². The van der Waals surface area contributed by atoms with Gasteiger partial charge in [0.05, 0.1) is 6.61 Å². The van der Waals surface area contributed by atoms with Crippen molar-refractivity contribution in [3.05, 3.63) is 42.5 Å². The van der Waals surface area contributed by atoms with Crippen LogP contribution in [0.4, 0.5) is 0 Å². The highest BCUT2D eigenvalue weighted by Gasteiger charge is 2.01. The van der Waals surface area contributed by atoms with E-state index in [1.165, 1.54) is 5.39 Å². The van der Waals surface area contributed by atoms with Crippen LogP contribution in [0.5, 0.6) is 5.75 Å². The standard InChI is InChI=1S/C15H18NO2/c16-15(17)10-3-4-11-18-14-9-5-7-12-6-1-2-8-13(12)14/h1-2,5-9,15-17H,3-4,10-11H2. The molecule has 0 aliphatic carbocycles. The summed E-state index contributed by atoms with van der Waals surface area (Å²) >= 11 is 0. The molecular weight excluding hydrogens is 226 g/mol. The van der Waals surface area contributed by atoms with E-state index >= 15 is 0 Å². The summed E-state index contributed by atoms with van der Waals surface area (Å²) < 4.78 is 5.76. The number of aliphatic hydroxyl groups excluding tert-OH is 1. The molecule has 0 spiro atoms. The number of rotatable bonds is 6. The minimum atomic E-state index is -0.956. The van der Waals surface area contributed by atoms with Gasteiger partial charge >= 0.3 is 0 Å². The quantitative estimate of drug-likeness (QED) is 0.794. The molecular formula is C15H18NO2. The first-order chi connectivity index (χ1) is 8.77. The lowest BCUT2D eigenvalue weighted by Crippen LogP contribution is -2.07. The van der Waals surface area contributed by atoms with Crippen LogP contribution in [0, 0.1) is 0 Å². The lowest BCUT2D eigenvalue weighted by atomic mass is 10.1. The first kappa shape index (κ1) is 12.9. The van der Waals surface area contributed by atoms with Gasteiger partial charge < -0.3 is 9.84 Å². The fourth-order valence-corrected chi connectivity index (χ4v) is 1.94. The van der Waals surface area contributed by atoms with E-state index in [1.807, 2.05) is 24.3 Å². The smallest absolute Gasteiger partial charge is 0.127 e. The number of fused-ring (bicyclic) bond motifs is 1. The van der Waals surface area contributed by atoms with E-state index in [4.69, 9.17) is 15.6 Å². The zero-order valence-corrected chi connectivity index (χ0v) is 10.3. The molecule has 18 heavy (non-hydrogen) atoms. The van der Waals surface area contributed by atoms with Crippen molar-refractivity contribution in [2.75, 3.05) is 6.61 Å². The Kier molecular flexibility index (Phi) is 4.56. The third kappa shape index (κ3) is 3.45. The zero-order valence-electron chi connectivity index (χ0n) is 10.3. The van der Waals surface area contributed by atoms with Crippen LogP contribution in [0.3, 0.4) is 0 Å². The molecule has 0 aliphatic rings. The van der Waals surface area contributed by atoms with E-state index in [1.54, 1.807) is 0 Å². The molecule has 0 amide bonds. The predicted octanol–water partition coefficient (Wildman–Crippen LogP) is 2.99. The summed E-state index contributed by atoms with van der Waals surface area (Å²) in [5.74, 6) is 0.902. The minimum absolute atomic E-state index is 0.513. The van der Waals surface area contributed by atoms with Gasteiger partial charge in [0.1, 0.15) is 12.0 Å². The highest BCUT2D eigenvalue weighted by molar-refractivity contribution is 5.88. The van der Waals surface area contributed by atoms with Crippen LogP contribution < -0.4 is 10.5 Å². The Hall–Kier alpha value is -1.58. The number of hydrogen-bond donors (Lipinski definition) is 1. The molecule has 1 radical (unpaired) electrons. The molecule has 0 fully saturated rings. The van der Waals surface area contributed by atoms with Gasteiger partial charge in [0.25, 0.3) is 0 Å². The maximum absolute atomic E-state index is 8.84. The molecule has 3 nitrogen and oxygen atoms in total. The Morgan fingerprint density at radius 1 is 1.06 bits per heavy atom. The molecule has 0 saturated carbocycles. The van der Waals surface area contributed by atoms with Crippen LogP contribution in [-0.4, -0.2) is 17.9 Å². The summed E-state index contributed by atoms with van der Waals surface area (Å²) in [6.07, 6.45) is 1.23. The van der Waals surface area contributed by atoms with Gasteiger partial charge in [-0.25, -0.2) is 5.73 Å². The van der Waals surface area contributed by atoms with E-state index in [0.717, 1.165) is 24.0 Å².